The summed E-state index contributed by atoms with van der Waals surface area (Å²) in [7, 11) is 1.72. The Labute approximate surface area is 202 Å². The third kappa shape index (κ3) is 7.50. The van der Waals surface area contributed by atoms with Crippen LogP contribution in [0.3, 0.4) is 0 Å². The molecule has 1 heterocycles. The number of aliphatic hydroxyl groups is 1. The molecule has 0 fully saturated rings. The van der Waals surface area contributed by atoms with Crippen molar-refractivity contribution in [3.63, 3.8) is 0 Å². The lowest BCUT2D eigenvalue weighted by molar-refractivity contribution is -0.132. The first-order valence-electron chi connectivity index (χ1n) is 10.7. The van der Waals surface area contributed by atoms with Crippen molar-refractivity contribution in [2.75, 3.05) is 33.3 Å². The normalized spacial score (nSPS) is 14.3. The second kappa shape index (κ2) is 13.3. The van der Waals surface area contributed by atoms with Gasteiger partial charge in [0.15, 0.2) is 5.96 Å². The average Bonchev–Trinajstić information content (AvgIpc) is 2.81. The number of halogens is 1. The Hall–Kier alpha value is -2.13. The second-order valence-corrected chi connectivity index (χ2v) is 7.61. The third-order valence-electron chi connectivity index (χ3n) is 5.57. The number of nitrogens with one attached hydrogen (secondary N) is 2. The Kier molecular flexibility index (Phi) is 10.8. The van der Waals surface area contributed by atoms with Crippen LogP contribution in [0.5, 0.6) is 0 Å². The van der Waals surface area contributed by atoms with E-state index >= 15 is 0 Å². The number of amides is 1. The molecular formula is C24H33IN4O2. The minimum Gasteiger partial charge on any atom is -0.396 e. The summed E-state index contributed by atoms with van der Waals surface area (Å²) in [5.74, 6) is 0.899. The number of rotatable bonds is 8. The number of carbonyl (C=O) groups excluding carboxylic acids is 1. The molecule has 7 heteroatoms. The molecule has 6 nitrogen and oxygen atoms in total. The lowest BCUT2D eigenvalue weighted by Gasteiger charge is -2.29. The maximum absolute atomic E-state index is 12.6. The number of nitrogens with zero attached hydrogens (tertiary/aromatic N) is 2. The highest BCUT2D eigenvalue weighted by Gasteiger charge is 2.19. The molecule has 3 N–H and O–H groups in total. The first-order chi connectivity index (χ1) is 14.7. The van der Waals surface area contributed by atoms with E-state index in [1.807, 2.05) is 41.3 Å². The van der Waals surface area contributed by atoms with Gasteiger partial charge in [0.2, 0.25) is 5.91 Å². The maximum atomic E-state index is 12.6. The molecule has 31 heavy (non-hydrogen) atoms. The van der Waals surface area contributed by atoms with Crippen molar-refractivity contribution in [3.8, 4) is 0 Å². The Morgan fingerprint density at radius 3 is 2.52 bits per heavy atom. The van der Waals surface area contributed by atoms with E-state index in [9.17, 15) is 9.90 Å². The van der Waals surface area contributed by atoms with E-state index in [2.05, 4.69) is 33.8 Å². The van der Waals surface area contributed by atoms with Crippen LogP contribution in [0.4, 0.5) is 0 Å². The molecule has 0 bridgehead atoms. The van der Waals surface area contributed by atoms with Gasteiger partial charge in [-0.15, -0.1) is 24.0 Å². The van der Waals surface area contributed by atoms with Gasteiger partial charge in [0.25, 0.3) is 0 Å². The zero-order chi connectivity index (χ0) is 21.2. The SMILES string of the molecule is CN=C(NCCCC(=O)N1CCc2ccccc2C1)NCC(CO)c1ccccc1.I. The molecule has 168 valence electrons. The van der Waals surface area contributed by atoms with E-state index < -0.39 is 0 Å². The molecule has 0 saturated carbocycles. The molecule has 1 atom stereocenters. The topological polar surface area (TPSA) is 77.0 Å². The first kappa shape index (κ1) is 25.1. The fourth-order valence-corrected chi connectivity index (χ4v) is 3.77. The first-order valence-corrected chi connectivity index (χ1v) is 10.7. The van der Waals surface area contributed by atoms with Crippen LogP contribution in [0.2, 0.25) is 0 Å². The molecular weight excluding hydrogens is 503 g/mol. The van der Waals surface area contributed by atoms with Gasteiger partial charge in [0.1, 0.15) is 0 Å². The van der Waals surface area contributed by atoms with Crippen LogP contribution in [-0.2, 0) is 17.8 Å². The van der Waals surface area contributed by atoms with E-state index in [0.29, 0.717) is 32.0 Å². The smallest absolute Gasteiger partial charge is 0.222 e. The molecule has 0 radical (unpaired) electrons. The van der Waals surface area contributed by atoms with Crippen molar-refractivity contribution >= 4 is 35.8 Å². The summed E-state index contributed by atoms with van der Waals surface area (Å²) in [6.45, 7) is 2.85. The van der Waals surface area contributed by atoms with Crippen LogP contribution in [0, 0.1) is 0 Å². The minimum atomic E-state index is 0. The Morgan fingerprint density at radius 1 is 1.10 bits per heavy atom. The lowest BCUT2D eigenvalue weighted by Crippen LogP contribution is -2.41. The molecule has 1 aliphatic rings. The molecule has 0 saturated heterocycles. The highest BCUT2D eigenvalue weighted by atomic mass is 127. The summed E-state index contributed by atoms with van der Waals surface area (Å²) < 4.78 is 0. The zero-order valence-electron chi connectivity index (χ0n) is 18.1. The molecule has 1 amide bonds. The van der Waals surface area contributed by atoms with Gasteiger partial charge in [0.05, 0.1) is 6.61 Å². The summed E-state index contributed by atoms with van der Waals surface area (Å²) in [5.41, 5.74) is 3.71. The van der Waals surface area contributed by atoms with Gasteiger partial charge in [0, 0.05) is 45.6 Å². The third-order valence-corrected chi connectivity index (χ3v) is 5.57. The van der Waals surface area contributed by atoms with Gasteiger partial charge in [-0.1, -0.05) is 54.6 Å². The summed E-state index contributed by atoms with van der Waals surface area (Å²) in [6, 6.07) is 18.3. The average molecular weight is 536 g/mol. The Morgan fingerprint density at radius 2 is 1.81 bits per heavy atom. The molecule has 2 aromatic rings. The largest absolute Gasteiger partial charge is 0.396 e. The summed E-state index contributed by atoms with van der Waals surface area (Å²) in [6.07, 6.45) is 2.21. The van der Waals surface area contributed by atoms with Crippen LogP contribution < -0.4 is 10.6 Å². The van der Waals surface area contributed by atoms with Crippen molar-refractivity contribution in [1.82, 2.24) is 15.5 Å². The Balaban J connectivity index is 0.00000341. The minimum absolute atomic E-state index is 0. The summed E-state index contributed by atoms with van der Waals surface area (Å²) >= 11 is 0. The molecule has 2 aromatic carbocycles. The van der Waals surface area contributed by atoms with Crippen molar-refractivity contribution in [2.24, 2.45) is 4.99 Å². The maximum Gasteiger partial charge on any atom is 0.222 e. The second-order valence-electron chi connectivity index (χ2n) is 7.61. The number of aliphatic imine (C=N–C) groups is 1. The van der Waals surface area contributed by atoms with Crippen LogP contribution >= 0.6 is 24.0 Å². The van der Waals surface area contributed by atoms with Crippen molar-refractivity contribution in [2.45, 2.75) is 31.7 Å². The van der Waals surface area contributed by atoms with Gasteiger partial charge in [-0.05, 0) is 29.5 Å². The quantitative estimate of drug-likeness (QED) is 0.210. The molecule has 0 spiro atoms. The summed E-state index contributed by atoms with van der Waals surface area (Å²) in [4.78, 5) is 18.8. The molecule has 1 unspecified atom stereocenters. The number of fused-ring (bicyclic) bond motifs is 1. The monoisotopic (exact) mass is 536 g/mol. The fourth-order valence-electron chi connectivity index (χ4n) is 3.77. The number of aliphatic hydroxyl groups excluding tert-OH is 1. The Bertz CT molecular complexity index is 844. The van der Waals surface area contributed by atoms with Gasteiger partial charge in [-0.2, -0.15) is 0 Å². The van der Waals surface area contributed by atoms with Gasteiger partial charge >= 0.3 is 0 Å². The van der Waals surface area contributed by atoms with Crippen LogP contribution in [0.15, 0.2) is 59.6 Å². The zero-order valence-corrected chi connectivity index (χ0v) is 20.4. The number of hydrogen-bond donors (Lipinski definition) is 3. The van der Waals surface area contributed by atoms with E-state index in [0.717, 1.165) is 24.9 Å². The molecule has 1 aliphatic heterocycles. The highest BCUT2D eigenvalue weighted by molar-refractivity contribution is 14.0. The van der Waals surface area contributed by atoms with E-state index in [1.54, 1.807) is 7.05 Å². The molecule has 0 aromatic heterocycles. The van der Waals surface area contributed by atoms with E-state index in [1.165, 1.54) is 11.1 Å². The van der Waals surface area contributed by atoms with E-state index in [-0.39, 0.29) is 42.4 Å². The van der Waals surface area contributed by atoms with Gasteiger partial charge in [-0.25, -0.2) is 0 Å². The predicted molar refractivity (Wildman–Crippen MR) is 136 cm³/mol. The number of benzene rings is 2. The van der Waals surface area contributed by atoms with Crippen molar-refractivity contribution in [1.29, 1.82) is 0 Å². The van der Waals surface area contributed by atoms with Crippen LogP contribution in [-0.4, -0.2) is 55.2 Å². The molecule has 3 rings (SSSR count). The highest BCUT2D eigenvalue weighted by Crippen LogP contribution is 2.19. The molecule has 0 aliphatic carbocycles. The van der Waals surface area contributed by atoms with Crippen LogP contribution in [0.1, 0.15) is 35.4 Å². The van der Waals surface area contributed by atoms with Crippen molar-refractivity contribution < 1.29 is 9.90 Å². The van der Waals surface area contributed by atoms with Crippen molar-refractivity contribution in [3.05, 3.63) is 71.3 Å². The fraction of sp³-hybridized carbons (Fsp3) is 0.417. The van der Waals surface area contributed by atoms with E-state index in [4.69, 9.17) is 0 Å². The number of hydrogen-bond acceptors (Lipinski definition) is 3. The van der Waals surface area contributed by atoms with Crippen LogP contribution in [0.25, 0.3) is 0 Å². The lowest BCUT2D eigenvalue weighted by atomic mass is 9.99. The summed E-state index contributed by atoms with van der Waals surface area (Å²) in [5, 5.41) is 16.2. The standard InChI is InChI=1S/C24H32N4O2.HI/c1-25-24(27-16-22(18-29)19-8-3-2-4-9-19)26-14-7-12-23(30)28-15-13-20-10-5-6-11-21(20)17-28;/h2-6,8-11,22,29H,7,12-18H2,1H3,(H2,25,26,27);1H. The predicted octanol–water partition coefficient (Wildman–Crippen LogP) is 2.91. The van der Waals surface area contributed by atoms with Gasteiger partial charge < -0.3 is 20.6 Å². The van der Waals surface area contributed by atoms with Gasteiger partial charge in [-0.3, -0.25) is 9.79 Å². The number of carbonyl (C=O) groups is 1. The number of guanidine groups is 1.